The molecule has 4 rings (SSSR count). The van der Waals surface area contributed by atoms with Crippen LogP contribution in [0, 0.1) is 0 Å². The van der Waals surface area contributed by atoms with Gasteiger partial charge in [0.05, 0.1) is 18.8 Å². The van der Waals surface area contributed by atoms with Crippen LogP contribution in [0.3, 0.4) is 0 Å². The van der Waals surface area contributed by atoms with Crippen LogP contribution in [-0.4, -0.2) is 43.5 Å². The largest absolute Gasteiger partial charge is 0.392 e. The maximum Gasteiger partial charge on any atom is 0.243 e. The fourth-order valence-electron chi connectivity index (χ4n) is 4.74. The van der Waals surface area contributed by atoms with Gasteiger partial charge in [0, 0.05) is 56.6 Å². The number of nitrogens with one attached hydrogen (secondary N) is 2. The molecule has 3 atom stereocenters. The summed E-state index contributed by atoms with van der Waals surface area (Å²) < 4.78 is 14.8. The van der Waals surface area contributed by atoms with Gasteiger partial charge in [-0.1, -0.05) is 73.1 Å². The Morgan fingerprint density at radius 2 is 1.62 bits per heavy atom. The maximum atomic E-state index is 12.3. The Morgan fingerprint density at radius 3 is 2.26 bits per heavy atom. The fourth-order valence-corrected chi connectivity index (χ4v) is 5.69. The molecule has 0 unspecified atom stereocenters. The summed E-state index contributed by atoms with van der Waals surface area (Å²) >= 11 is 1.66. The van der Waals surface area contributed by atoms with Crippen molar-refractivity contribution in [3.63, 3.8) is 0 Å². The fraction of sp³-hybridized carbons (Fsp3) is 0.452. The van der Waals surface area contributed by atoms with Crippen molar-refractivity contribution >= 4 is 23.6 Å². The molecule has 1 fully saturated rings. The zero-order valence-electron chi connectivity index (χ0n) is 23.9. The van der Waals surface area contributed by atoms with Crippen LogP contribution in [0.2, 0.25) is 0 Å². The SMILES string of the molecule is Cn1ccnc1SC[C@H]1C[C@@H](c2ccc(CO)cc2)O[C@@H](c2ccc(CNC(=O)CCCCCCC(=O)NO)cc2)O1. The van der Waals surface area contributed by atoms with Crippen LogP contribution in [0.15, 0.2) is 66.1 Å². The first-order chi connectivity index (χ1) is 20.4. The van der Waals surface area contributed by atoms with E-state index in [9.17, 15) is 14.7 Å². The molecule has 2 heterocycles. The van der Waals surface area contributed by atoms with Gasteiger partial charge in [0.2, 0.25) is 11.8 Å². The van der Waals surface area contributed by atoms with Crippen LogP contribution in [0.1, 0.15) is 79.6 Å². The summed E-state index contributed by atoms with van der Waals surface area (Å²) in [4.78, 5) is 27.7. The Kier molecular flexibility index (Phi) is 12.4. The molecule has 2 amide bonds. The zero-order valence-corrected chi connectivity index (χ0v) is 24.7. The van der Waals surface area contributed by atoms with E-state index in [0.29, 0.717) is 32.2 Å². The molecule has 0 saturated carbocycles. The number of imidazole rings is 1. The summed E-state index contributed by atoms with van der Waals surface area (Å²) in [5.74, 6) is 0.347. The Morgan fingerprint density at radius 1 is 0.952 bits per heavy atom. The highest BCUT2D eigenvalue weighted by Crippen LogP contribution is 2.39. The van der Waals surface area contributed by atoms with E-state index < -0.39 is 6.29 Å². The van der Waals surface area contributed by atoms with Crippen molar-refractivity contribution in [2.24, 2.45) is 7.05 Å². The smallest absolute Gasteiger partial charge is 0.243 e. The minimum Gasteiger partial charge on any atom is -0.392 e. The predicted octanol–water partition coefficient (Wildman–Crippen LogP) is 4.71. The molecule has 11 heteroatoms. The van der Waals surface area contributed by atoms with E-state index in [2.05, 4.69) is 10.3 Å². The lowest BCUT2D eigenvalue weighted by Gasteiger charge is -2.36. The highest BCUT2D eigenvalue weighted by molar-refractivity contribution is 7.99. The molecule has 1 saturated heterocycles. The van der Waals surface area contributed by atoms with Crippen molar-refractivity contribution in [3.05, 3.63) is 83.2 Å². The molecular weight excluding hydrogens is 556 g/mol. The zero-order chi connectivity index (χ0) is 29.7. The number of benzene rings is 2. The third kappa shape index (κ3) is 9.67. The van der Waals surface area contributed by atoms with Crippen LogP contribution in [-0.2, 0) is 39.3 Å². The number of nitrogens with zero attached hydrogens (tertiary/aromatic N) is 2. The first-order valence-electron chi connectivity index (χ1n) is 14.3. The summed E-state index contributed by atoms with van der Waals surface area (Å²) in [6.45, 7) is 0.436. The van der Waals surface area contributed by atoms with Crippen molar-refractivity contribution in [1.29, 1.82) is 0 Å². The molecule has 10 nitrogen and oxygen atoms in total. The minimum atomic E-state index is -0.541. The number of aromatic nitrogens is 2. The van der Waals surface area contributed by atoms with Gasteiger partial charge in [0.15, 0.2) is 11.4 Å². The lowest BCUT2D eigenvalue weighted by Crippen LogP contribution is -2.31. The molecule has 0 spiro atoms. The Bertz CT molecular complexity index is 1270. The molecule has 1 aliphatic rings. The predicted molar refractivity (Wildman–Crippen MR) is 158 cm³/mol. The van der Waals surface area contributed by atoms with E-state index in [-0.39, 0.29) is 30.6 Å². The van der Waals surface area contributed by atoms with E-state index in [0.717, 1.165) is 52.4 Å². The quantitative estimate of drug-likeness (QED) is 0.0858. The number of rotatable bonds is 15. The molecule has 0 aliphatic carbocycles. The van der Waals surface area contributed by atoms with E-state index >= 15 is 0 Å². The summed E-state index contributed by atoms with van der Waals surface area (Å²) in [7, 11) is 1.98. The van der Waals surface area contributed by atoms with Crippen LogP contribution >= 0.6 is 11.8 Å². The molecule has 3 aromatic rings. The van der Waals surface area contributed by atoms with Crippen LogP contribution in [0.25, 0.3) is 0 Å². The maximum absolute atomic E-state index is 12.3. The van der Waals surface area contributed by atoms with E-state index in [1.807, 2.05) is 66.3 Å². The number of thioether (sulfide) groups is 1. The van der Waals surface area contributed by atoms with Crippen molar-refractivity contribution in [2.45, 2.75) is 81.8 Å². The molecule has 0 radical (unpaired) electrons. The van der Waals surface area contributed by atoms with E-state index in [1.165, 1.54) is 0 Å². The molecule has 1 aromatic heterocycles. The Hall–Kier alpha value is -3.22. The molecule has 2 aromatic carbocycles. The lowest BCUT2D eigenvalue weighted by atomic mass is 10.0. The summed E-state index contributed by atoms with van der Waals surface area (Å²) in [6, 6.07) is 15.8. The van der Waals surface area contributed by atoms with Gasteiger partial charge in [-0.2, -0.15) is 0 Å². The molecular formula is C31H40N4O6S. The first kappa shape index (κ1) is 31.7. The molecule has 226 valence electrons. The van der Waals surface area contributed by atoms with Gasteiger partial charge in [-0.25, -0.2) is 10.5 Å². The van der Waals surface area contributed by atoms with Gasteiger partial charge in [0.25, 0.3) is 0 Å². The second kappa shape index (κ2) is 16.4. The number of aryl methyl sites for hydroxylation is 1. The molecule has 1 aliphatic heterocycles. The number of carbonyl (C=O) groups is 2. The number of amides is 2. The van der Waals surface area contributed by atoms with Crippen molar-refractivity contribution in [1.82, 2.24) is 20.3 Å². The number of aliphatic hydroxyl groups is 1. The van der Waals surface area contributed by atoms with Crippen LogP contribution < -0.4 is 10.8 Å². The first-order valence-corrected chi connectivity index (χ1v) is 15.3. The van der Waals surface area contributed by atoms with Gasteiger partial charge < -0.3 is 24.5 Å². The Labute approximate surface area is 250 Å². The van der Waals surface area contributed by atoms with Gasteiger partial charge in [-0.05, 0) is 29.5 Å². The average Bonchev–Trinajstić information content (AvgIpc) is 3.44. The number of unbranched alkanes of at least 4 members (excludes halogenated alkanes) is 3. The van der Waals surface area contributed by atoms with Crippen molar-refractivity contribution in [2.75, 3.05) is 5.75 Å². The second-order valence-electron chi connectivity index (χ2n) is 10.4. The Balaban J connectivity index is 1.30. The van der Waals surface area contributed by atoms with Crippen LogP contribution in [0.5, 0.6) is 0 Å². The van der Waals surface area contributed by atoms with Crippen molar-refractivity contribution < 1.29 is 29.4 Å². The van der Waals surface area contributed by atoms with Gasteiger partial charge >= 0.3 is 0 Å². The average molecular weight is 597 g/mol. The monoisotopic (exact) mass is 596 g/mol. The highest BCUT2D eigenvalue weighted by Gasteiger charge is 2.32. The standard InChI is InChI=1S/C31H40N4O6S/c1-35-17-16-32-31(35)42-21-26-18-27(24-12-10-23(20-36)11-13-24)41-30(40-26)25-14-8-22(9-15-25)19-33-28(37)6-4-2-3-5-7-29(38)34-39/h8-17,26-27,30,36,39H,2-7,18-21H2,1H3,(H,33,37)(H,34,38)/t26-,27+,30+/m1/s1. The minimum absolute atomic E-state index is 0.000660. The molecule has 0 bridgehead atoms. The number of aliphatic hydroxyl groups excluding tert-OH is 1. The third-order valence-corrected chi connectivity index (χ3v) is 8.40. The van der Waals surface area contributed by atoms with E-state index in [1.54, 1.807) is 23.4 Å². The summed E-state index contributed by atoms with van der Waals surface area (Å²) in [5, 5.41) is 21.8. The third-order valence-electron chi connectivity index (χ3n) is 7.21. The number of hydrogen-bond donors (Lipinski definition) is 4. The van der Waals surface area contributed by atoms with Gasteiger partial charge in [-0.15, -0.1) is 0 Å². The number of ether oxygens (including phenoxy) is 2. The second-order valence-corrected chi connectivity index (χ2v) is 11.4. The summed E-state index contributed by atoms with van der Waals surface area (Å²) in [6.07, 6.45) is 7.53. The van der Waals surface area contributed by atoms with E-state index in [4.69, 9.17) is 14.7 Å². The normalized spacial score (nSPS) is 18.5. The molecule has 42 heavy (non-hydrogen) atoms. The lowest BCUT2D eigenvalue weighted by molar-refractivity contribution is -0.245. The van der Waals surface area contributed by atoms with Crippen molar-refractivity contribution in [3.8, 4) is 0 Å². The summed E-state index contributed by atoms with van der Waals surface area (Å²) in [5.41, 5.74) is 5.42. The number of hydrogen-bond acceptors (Lipinski definition) is 8. The molecule has 4 N–H and O–H groups in total. The van der Waals surface area contributed by atoms with Gasteiger partial charge in [0.1, 0.15) is 0 Å². The highest BCUT2D eigenvalue weighted by atomic mass is 32.2. The topological polar surface area (TPSA) is 135 Å². The number of hydroxylamine groups is 1. The van der Waals surface area contributed by atoms with Crippen LogP contribution in [0.4, 0.5) is 0 Å². The van der Waals surface area contributed by atoms with Gasteiger partial charge in [-0.3, -0.25) is 14.8 Å². The number of carbonyl (C=O) groups excluding carboxylic acids is 2.